The fourth-order valence-corrected chi connectivity index (χ4v) is 6.74. The van der Waals surface area contributed by atoms with Crippen LogP contribution in [0.25, 0.3) is 10.2 Å². The number of nitrogens with zero attached hydrogens (tertiary/aromatic N) is 5. The average molecular weight is 499 g/mol. The van der Waals surface area contributed by atoms with Gasteiger partial charge in [0.1, 0.15) is 16.4 Å². The number of nitrogens with one attached hydrogen (secondary N) is 1. The summed E-state index contributed by atoms with van der Waals surface area (Å²) >= 11 is 3.12. The van der Waals surface area contributed by atoms with Gasteiger partial charge < -0.3 is 14.3 Å². The van der Waals surface area contributed by atoms with E-state index in [2.05, 4.69) is 38.5 Å². The van der Waals surface area contributed by atoms with Crippen LogP contribution in [0, 0.1) is 25.7 Å². The molecule has 8 nitrogen and oxygen atoms in total. The van der Waals surface area contributed by atoms with E-state index in [1.807, 2.05) is 32.9 Å². The van der Waals surface area contributed by atoms with Crippen LogP contribution in [0.5, 0.6) is 0 Å². The van der Waals surface area contributed by atoms with Crippen LogP contribution in [-0.4, -0.2) is 37.8 Å². The Balaban J connectivity index is 1.48. The van der Waals surface area contributed by atoms with Crippen molar-refractivity contribution in [2.45, 2.75) is 58.0 Å². The zero-order valence-electron chi connectivity index (χ0n) is 20.2. The summed E-state index contributed by atoms with van der Waals surface area (Å²) in [6.45, 7) is 13.1. The molecule has 0 aliphatic carbocycles. The van der Waals surface area contributed by atoms with Gasteiger partial charge in [-0.1, -0.05) is 25.6 Å². The number of thioether (sulfide) groups is 1. The van der Waals surface area contributed by atoms with E-state index >= 15 is 0 Å². The van der Waals surface area contributed by atoms with Crippen molar-refractivity contribution >= 4 is 39.3 Å². The second-order valence-electron chi connectivity index (χ2n) is 9.47. The van der Waals surface area contributed by atoms with E-state index in [0.717, 1.165) is 45.2 Å². The first kappa shape index (κ1) is 23.2. The predicted octanol–water partition coefficient (Wildman–Crippen LogP) is 5.17. The van der Waals surface area contributed by atoms with E-state index in [1.165, 1.54) is 6.42 Å². The van der Waals surface area contributed by atoms with E-state index in [0.29, 0.717) is 29.6 Å². The first-order valence-corrected chi connectivity index (χ1v) is 13.4. The molecule has 4 aromatic rings. The maximum Gasteiger partial charge on any atom is 0.259 e. The highest BCUT2D eigenvalue weighted by Crippen LogP contribution is 2.36. The molecular weight excluding hydrogens is 468 g/mol. The highest BCUT2D eigenvalue weighted by Gasteiger charge is 2.28. The largest absolute Gasteiger partial charge is 0.467 e. The number of hydrogen-bond acceptors (Lipinski definition) is 8. The Morgan fingerprint density at radius 3 is 2.74 bits per heavy atom. The van der Waals surface area contributed by atoms with Gasteiger partial charge in [-0.3, -0.25) is 9.36 Å². The smallest absolute Gasteiger partial charge is 0.259 e. The summed E-state index contributed by atoms with van der Waals surface area (Å²) in [7, 11) is 0. The second kappa shape index (κ2) is 9.22. The highest BCUT2D eigenvalue weighted by atomic mass is 32.2. The Hall–Kier alpha value is -2.59. The lowest BCUT2D eigenvalue weighted by Crippen LogP contribution is -2.40. The average Bonchev–Trinajstić information content (AvgIpc) is 3.49. The topological polar surface area (TPSA) is 92.8 Å². The number of H-pyrrole nitrogens is 1. The van der Waals surface area contributed by atoms with E-state index in [4.69, 9.17) is 9.40 Å². The quantitative estimate of drug-likeness (QED) is 0.367. The molecule has 5 heterocycles. The summed E-state index contributed by atoms with van der Waals surface area (Å²) in [4.78, 5) is 24.8. The lowest BCUT2D eigenvalue weighted by molar-refractivity contribution is 0.350. The van der Waals surface area contributed by atoms with Crippen LogP contribution < -0.4 is 10.5 Å². The lowest BCUT2D eigenvalue weighted by Gasteiger charge is -2.35. The molecule has 34 heavy (non-hydrogen) atoms. The van der Waals surface area contributed by atoms with Crippen molar-refractivity contribution in [1.82, 2.24) is 24.7 Å². The molecule has 5 rings (SSSR count). The zero-order chi connectivity index (χ0) is 24.0. The number of anilines is 1. The van der Waals surface area contributed by atoms with Crippen LogP contribution in [-0.2, 0) is 6.54 Å². The van der Waals surface area contributed by atoms with Crippen molar-refractivity contribution in [3.63, 3.8) is 0 Å². The number of aromatic amines is 1. The van der Waals surface area contributed by atoms with Gasteiger partial charge in [-0.25, -0.2) is 4.98 Å². The Morgan fingerprint density at radius 2 is 2.03 bits per heavy atom. The number of fused-ring (bicyclic) bond motifs is 1. The summed E-state index contributed by atoms with van der Waals surface area (Å²) in [6, 6.07) is 3.87. The molecule has 4 aromatic heterocycles. The Kier molecular flexibility index (Phi) is 6.28. The molecule has 1 aliphatic rings. The Morgan fingerprint density at radius 1 is 1.26 bits per heavy atom. The van der Waals surface area contributed by atoms with Gasteiger partial charge in [0.05, 0.1) is 23.4 Å². The number of rotatable bonds is 6. The molecule has 0 radical (unpaired) electrons. The van der Waals surface area contributed by atoms with Crippen molar-refractivity contribution < 1.29 is 4.42 Å². The number of thiophene rings is 1. The van der Waals surface area contributed by atoms with Gasteiger partial charge in [-0.15, -0.1) is 21.5 Å². The van der Waals surface area contributed by atoms with E-state index in [1.54, 1.807) is 29.4 Å². The number of aryl methyl sites for hydroxylation is 2. The van der Waals surface area contributed by atoms with Crippen LogP contribution >= 0.6 is 23.1 Å². The molecule has 180 valence electrons. The van der Waals surface area contributed by atoms with Gasteiger partial charge in [-0.05, 0) is 56.7 Å². The Bertz CT molecular complexity index is 1350. The van der Waals surface area contributed by atoms with Gasteiger partial charge in [0.15, 0.2) is 5.16 Å². The molecular formula is C24H30N6O2S2. The predicted molar refractivity (Wildman–Crippen MR) is 137 cm³/mol. The normalized spacial score (nSPS) is 19.7. The van der Waals surface area contributed by atoms with Gasteiger partial charge in [0.2, 0.25) is 5.95 Å². The molecule has 0 bridgehead atoms. The third kappa shape index (κ3) is 4.40. The van der Waals surface area contributed by atoms with Gasteiger partial charge >= 0.3 is 0 Å². The minimum absolute atomic E-state index is 0.0802. The van der Waals surface area contributed by atoms with Crippen LogP contribution in [0.1, 0.15) is 54.5 Å². The van der Waals surface area contributed by atoms with Crippen molar-refractivity contribution in [3.8, 4) is 0 Å². The number of aromatic nitrogens is 5. The van der Waals surface area contributed by atoms with Crippen molar-refractivity contribution in [2.75, 3.05) is 18.0 Å². The van der Waals surface area contributed by atoms with Crippen LogP contribution in [0.4, 0.5) is 5.95 Å². The summed E-state index contributed by atoms with van der Waals surface area (Å²) in [5, 5.41) is 10.5. The first-order valence-electron chi connectivity index (χ1n) is 11.7. The van der Waals surface area contributed by atoms with Crippen molar-refractivity contribution in [2.24, 2.45) is 11.8 Å². The SMILES string of the molecule is Cc1sc2nc(C(C)Sc3nnc(N4CC(C)CC(C)C4)n3Cc3ccco3)[nH]c(=O)c2c1C. The molecule has 0 aromatic carbocycles. The van der Waals surface area contributed by atoms with Gasteiger partial charge in [-0.2, -0.15) is 0 Å². The third-order valence-electron chi connectivity index (χ3n) is 6.47. The standard InChI is InChI=1S/C24H30N6O2S2/c1-13-9-14(2)11-29(10-13)23-27-28-24(30(23)12-18-7-6-8-32-18)34-17(5)20-25-21(31)19-15(3)16(4)33-22(19)26-20/h6-8,13-14,17H,9-12H2,1-5H3,(H,25,26,31). The fourth-order valence-electron chi connectivity index (χ4n) is 4.80. The maximum atomic E-state index is 12.8. The fraction of sp³-hybridized carbons (Fsp3) is 0.500. The molecule has 0 saturated carbocycles. The van der Waals surface area contributed by atoms with Crippen LogP contribution in [0.15, 0.2) is 32.8 Å². The van der Waals surface area contributed by atoms with Gasteiger partial charge in [0, 0.05) is 18.0 Å². The summed E-state index contributed by atoms with van der Waals surface area (Å²) in [5.41, 5.74) is 0.928. The molecule has 1 aliphatic heterocycles. The van der Waals surface area contributed by atoms with Crippen LogP contribution in [0.3, 0.4) is 0 Å². The molecule has 3 unspecified atom stereocenters. The number of hydrogen-bond donors (Lipinski definition) is 1. The van der Waals surface area contributed by atoms with Crippen LogP contribution in [0.2, 0.25) is 0 Å². The first-order chi connectivity index (χ1) is 16.3. The monoisotopic (exact) mass is 498 g/mol. The minimum Gasteiger partial charge on any atom is -0.467 e. The zero-order valence-corrected chi connectivity index (χ0v) is 21.8. The summed E-state index contributed by atoms with van der Waals surface area (Å²) < 4.78 is 7.78. The Labute approximate surface area is 206 Å². The lowest BCUT2D eigenvalue weighted by atomic mass is 9.92. The molecule has 0 spiro atoms. The summed E-state index contributed by atoms with van der Waals surface area (Å²) in [5.74, 6) is 3.58. The van der Waals surface area contributed by atoms with Crippen molar-refractivity contribution in [1.29, 1.82) is 0 Å². The van der Waals surface area contributed by atoms with Crippen molar-refractivity contribution in [3.05, 3.63) is 50.8 Å². The maximum absolute atomic E-state index is 12.8. The minimum atomic E-state index is -0.105. The highest BCUT2D eigenvalue weighted by molar-refractivity contribution is 7.99. The second-order valence-corrected chi connectivity index (χ2v) is 12.0. The molecule has 10 heteroatoms. The molecule has 1 saturated heterocycles. The number of piperidine rings is 1. The molecule has 1 N–H and O–H groups in total. The molecule has 1 fully saturated rings. The molecule has 0 amide bonds. The molecule has 3 atom stereocenters. The third-order valence-corrected chi connectivity index (χ3v) is 8.66. The van der Waals surface area contributed by atoms with E-state index < -0.39 is 0 Å². The van der Waals surface area contributed by atoms with Gasteiger partial charge in [0.25, 0.3) is 5.56 Å². The summed E-state index contributed by atoms with van der Waals surface area (Å²) in [6.07, 6.45) is 2.92. The van der Waals surface area contributed by atoms with E-state index in [-0.39, 0.29) is 10.8 Å². The number of furan rings is 1. The van der Waals surface area contributed by atoms with E-state index in [9.17, 15) is 4.79 Å².